The van der Waals surface area contributed by atoms with Gasteiger partial charge < -0.3 is 14.6 Å². The first-order valence-electron chi connectivity index (χ1n) is 9.16. The zero-order valence-electron chi connectivity index (χ0n) is 16.3. The van der Waals surface area contributed by atoms with Crippen molar-refractivity contribution in [3.05, 3.63) is 23.3 Å². The van der Waals surface area contributed by atoms with E-state index in [0.717, 1.165) is 35.5 Å². The summed E-state index contributed by atoms with van der Waals surface area (Å²) in [6.45, 7) is 12.7. The van der Waals surface area contributed by atoms with E-state index in [1.165, 1.54) is 4.90 Å². The van der Waals surface area contributed by atoms with Crippen LogP contribution in [0.2, 0.25) is 0 Å². The van der Waals surface area contributed by atoms with Crippen LogP contribution in [0.3, 0.4) is 0 Å². The molecule has 2 rings (SSSR count). The van der Waals surface area contributed by atoms with Gasteiger partial charge in [0.2, 0.25) is 0 Å². The molecule has 0 unspecified atom stereocenters. The summed E-state index contributed by atoms with van der Waals surface area (Å²) in [5.41, 5.74) is 1.53. The lowest BCUT2D eigenvalue weighted by atomic mass is 9.96. The Morgan fingerprint density at radius 1 is 1.20 bits per heavy atom. The van der Waals surface area contributed by atoms with Gasteiger partial charge in [-0.3, -0.25) is 4.90 Å². The SMILES string of the molecule is CCOc1cc([C@@H](C)N(C(=O)O)C(C)(C)C)cc(OCC)c1C1CC1. The number of ether oxygens (including phenoxy) is 2. The molecule has 0 aromatic heterocycles. The molecule has 0 spiro atoms. The van der Waals surface area contributed by atoms with E-state index >= 15 is 0 Å². The van der Waals surface area contributed by atoms with Crippen LogP contribution in [0, 0.1) is 0 Å². The summed E-state index contributed by atoms with van der Waals surface area (Å²) >= 11 is 0. The minimum absolute atomic E-state index is 0.302. The first kappa shape index (κ1) is 19.4. The third kappa shape index (κ3) is 4.39. The van der Waals surface area contributed by atoms with Gasteiger partial charge in [-0.1, -0.05) is 0 Å². The van der Waals surface area contributed by atoms with Crippen molar-refractivity contribution >= 4 is 6.09 Å². The highest BCUT2D eigenvalue weighted by molar-refractivity contribution is 5.67. The smallest absolute Gasteiger partial charge is 0.408 e. The fourth-order valence-electron chi connectivity index (χ4n) is 3.37. The molecule has 1 aliphatic rings. The molecule has 5 heteroatoms. The van der Waals surface area contributed by atoms with Gasteiger partial charge in [0.25, 0.3) is 0 Å². The van der Waals surface area contributed by atoms with E-state index in [1.54, 1.807) is 0 Å². The molecule has 25 heavy (non-hydrogen) atoms. The number of carbonyl (C=O) groups is 1. The number of hydrogen-bond donors (Lipinski definition) is 1. The molecule has 0 radical (unpaired) electrons. The molecule has 1 aliphatic carbocycles. The molecule has 5 nitrogen and oxygen atoms in total. The van der Waals surface area contributed by atoms with E-state index in [1.807, 2.05) is 53.7 Å². The number of hydrogen-bond acceptors (Lipinski definition) is 3. The van der Waals surface area contributed by atoms with Gasteiger partial charge in [0.05, 0.1) is 19.3 Å². The molecule has 1 fully saturated rings. The molecule has 1 aromatic carbocycles. The fourth-order valence-corrected chi connectivity index (χ4v) is 3.37. The van der Waals surface area contributed by atoms with Crippen LogP contribution in [-0.4, -0.2) is 34.9 Å². The van der Waals surface area contributed by atoms with E-state index in [0.29, 0.717) is 19.1 Å². The third-order valence-electron chi connectivity index (χ3n) is 4.51. The molecule has 1 saturated carbocycles. The first-order valence-corrected chi connectivity index (χ1v) is 9.16. The monoisotopic (exact) mass is 349 g/mol. The largest absolute Gasteiger partial charge is 0.493 e. The predicted octanol–water partition coefficient (Wildman–Crippen LogP) is 5.20. The lowest BCUT2D eigenvalue weighted by Gasteiger charge is -2.38. The van der Waals surface area contributed by atoms with Gasteiger partial charge in [0.15, 0.2) is 0 Å². The summed E-state index contributed by atoms with van der Waals surface area (Å²) in [6.07, 6.45) is 1.37. The zero-order valence-corrected chi connectivity index (χ0v) is 16.3. The Balaban J connectivity index is 2.51. The van der Waals surface area contributed by atoms with Crippen molar-refractivity contribution in [1.29, 1.82) is 0 Å². The second kappa shape index (κ2) is 7.54. The second-order valence-corrected chi connectivity index (χ2v) is 7.57. The standard InChI is InChI=1S/C20H31NO4/c1-7-24-16-11-15(13(3)21(19(22)23)20(4,5)6)12-17(25-8-2)18(16)14-9-10-14/h11-14H,7-10H2,1-6H3,(H,22,23)/t13-/m1/s1. The molecule has 0 saturated heterocycles. The Kier molecular flexibility index (Phi) is 5.86. The van der Waals surface area contributed by atoms with Crippen LogP contribution in [0.5, 0.6) is 11.5 Å². The van der Waals surface area contributed by atoms with Crippen LogP contribution < -0.4 is 9.47 Å². The molecular formula is C20H31NO4. The van der Waals surface area contributed by atoms with E-state index in [4.69, 9.17) is 9.47 Å². The van der Waals surface area contributed by atoms with Gasteiger partial charge in [-0.05, 0) is 78.0 Å². The molecule has 1 aromatic rings. The maximum absolute atomic E-state index is 11.8. The molecule has 0 aliphatic heterocycles. The van der Waals surface area contributed by atoms with E-state index in [9.17, 15) is 9.90 Å². The van der Waals surface area contributed by atoms with Gasteiger partial charge in [0, 0.05) is 11.1 Å². The molecule has 1 N–H and O–H groups in total. The Morgan fingerprint density at radius 2 is 1.68 bits per heavy atom. The normalized spacial score (nSPS) is 15.6. The zero-order chi connectivity index (χ0) is 18.8. The molecule has 1 atom stereocenters. The number of amides is 1. The summed E-state index contributed by atoms with van der Waals surface area (Å²) < 4.78 is 11.8. The highest BCUT2D eigenvalue weighted by Crippen LogP contribution is 2.50. The highest BCUT2D eigenvalue weighted by atomic mass is 16.5. The summed E-state index contributed by atoms with van der Waals surface area (Å²) in [7, 11) is 0. The van der Waals surface area contributed by atoms with Gasteiger partial charge in [-0.25, -0.2) is 4.79 Å². The van der Waals surface area contributed by atoms with Crippen molar-refractivity contribution in [2.24, 2.45) is 0 Å². The van der Waals surface area contributed by atoms with Crippen LogP contribution in [-0.2, 0) is 0 Å². The van der Waals surface area contributed by atoms with Crippen LogP contribution in [0.1, 0.15) is 77.5 Å². The van der Waals surface area contributed by atoms with Gasteiger partial charge in [0.1, 0.15) is 11.5 Å². The number of benzene rings is 1. The summed E-state index contributed by atoms with van der Waals surface area (Å²) in [5.74, 6) is 2.15. The predicted molar refractivity (Wildman–Crippen MR) is 98.8 cm³/mol. The molecule has 0 heterocycles. The summed E-state index contributed by atoms with van der Waals surface area (Å²) in [4.78, 5) is 13.3. The molecule has 140 valence electrons. The minimum atomic E-state index is -0.929. The lowest BCUT2D eigenvalue weighted by molar-refractivity contribution is 0.0751. The fraction of sp³-hybridized carbons (Fsp3) is 0.650. The van der Waals surface area contributed by atoms with Gasteiger partial charge >= 0.3 is 6.09 Å². The Morgan fingerprint density at radius 3 is 2.00 bits per heavy atom. The van der Waals surface area contributed by atoms with Crippen molar-refractivity contribution in [3.63, 3.8) is 0 Å². The Labute approximate surface area is 150 Å². The molecular weight excluding hydrogens is 318 g/mol. The van der Waals surface area contributed by atoms with Crippen LogP contribution in [0.4, 0.5) is 4.79 Å². The van der Waals surface area contributed by atoms with Gasteiger partial charge in [-0.2, -0.15) is 0 Å². The second-order valence-electron chi connectivity index (χ2n) is 7.57. The van der Waals surface area contributed by atoms with Crippen molar-refractivity contribution < 1.29 is 19.4 Å². The van der Waals surface area contributed by atoms with E-state index in [2.05, 4.69) is 0 Å². The number of rotatable bonds is 7. The summed E-state index contributed by atoms with van der Waals surface area (Å²) in [5, 5.41) is 9.70. The molecule has 0 bridgehead atoms. The van der Waals surface area contributed by atoms with E-state index < -0.39 is 11.6 Å². The number of carboxylic acid groups (broad SMARTS) is 1. The quantitative estimate of drug-likeness (QED) is 0.735. The van der Waals surface area contributed by atoms with E-state index in [-0.39, 0.29) is 6.04 Å². The minimum Gasteiger partial charge on any atom is -0.493 e. The number of nitrogens with zero attached hydrogens (tertiary/aromatic N) is 1. The van der Waals surface area contributed by atoms with Crippen molar-refractivity contribution in [2.45, 2.75) is 71.9 Å². The van der Waals surface area contributed by atoms with Crippen molar-refractivity contribution in [2.75, 3.05) is 13.2 Å². The first-order chi connectivity index (χ1) is 11.7. The Hall–Kier alpha value is -1.91. The summed E-state index contributed by atoms with van der Waals surface area (Å²) in [6, 6.07) is 3.68. The van der Waals surface area contributed by atoms with Crippen LogP contribution in [0.25, 0.3) is 0 Å². The average molecular weight is 349 g/mol. The average Bonchev–Trinajstić information content (AvgIpc) is 3.30. The van der Waals surface area contributed by atoms with Crippen LogP contribution in [0.15, 0.2) is 12.1 Å². The molecule has 1 amide bonds. The van der Waals surface area contributed by atoms with Crippen LogP contribution >= 0.6 is 0 Å². The highest BCUT2D eigenvalue weighted by Gasteiger charge is 2.35. The third-order valence-corrected chi connectivity index (χ3v) is 4.51. The van der Waals surface area contributed by atoms with Gasteiger partial charge in [-0.15, -0.1) is 0 Å². The topological polar surface area (TPSA) is 59.0 Å². The maximum Gasteiger partial charge on any atom is 0.408 e. The van der Waals surface area contributed by atoms with Crippen molar-refractivity contribution in [3.8, 4) is 11.5 Å². The Bertz CT molecular complexity index is 590. The maximum atomic E-state index is 11.8. The lowest BCUT2D eigenvalue weighted by Crippen LogP contribution is -2.46. The van der Waals surface area contributed by atoms with Crippen molar-refractivity contribution in [1.82, 2.24) is 4.90 Å².